The molecule has 0 radical (unpaired) electrons. The molecule has 0 aromatic heterocycles. The highest BCUT2D eigenvalue weighted by Crippen LogP contribution is 2.34. The summed E-state index contributed by atoms with van der Waals surface area (Å²) >= 11 is 6.35. The summed E-state index contributed by atoms with van der Waals surface area (Å²) in [5.41, 5.74) is 2.37. The lowest BCUT2D eigenvalue weighted by Crippen LogP contribution is -2.10. The lowest BCUT2D eigenvalue weighted by atomic mass is 9.87. The molecule has 0 saturated carbocycles. The average molecular weight is 304 g/mol. The van der Waals surface area contributed by atoms with Gasteiger partial charge in [0.15, 0.2) is 0 Å². The van der Waals surface area contributed by atoms with Crippen LogP contribution in [0.1, 0.15) is 26.3 Å². The monoisotopic (exact) mass is 303 g/mol. The van der Waals surface area contributed by atoms with E-state index >= 15 is 0 Å². The second-order valence-electron chi connectivity index (χ2n) is 6.39. The molecule has 0 amide bonds. The van der Waals surface area contributed by atoms with Gasteiger partial charge < -0.3 is 9.64 Å². The SMILES string of the molecule is CN(C)c1cccc(Oc2ccc(C(C)(C)C)cc2Cl)c1. The van der Waals surface area contributed by atoms with Crippen LogP contribution in [0.25, 0.3) is 0 Å². The molecule has 0 N–H and O–H groups in total. The standard InChI is InChI=1S/C18H22ClNO/c1-18(2,3)13-9-10-17(16(19)11-13)21-15-8-6-7-14(12-15)20(4)5/h6-12H,1-5H3. The van der Waals surface area contributed by atoms with E-state index in [-0.39, 0.29) is 5.41 Å². The Kier molecular flexibility index (Phi) is 4.48. The first kappa shape index (κ1) is 15.7. The predicted molar refractivity (Wildman–Crippen MR) is 91.0 cm³/mol. The third-order valence-electron chi connectivity index (χ3n) is 3.36. The molecule has 0 unspecified atom stereocenters. The van der Waals surface area contributed by atoms with Crippen LogP contribution in [0, 0.1) is 0 Å². The van der Waals surface area contributed by atoms with Crippen molar-refractivity contribution in [3.05, 3.63) is 53.1 Å². The van der Waals surface area contributed by atoms with E-state index in [9.17, 15) is 0 Å². The third-order valence-corrected chi connectivity index (χ3v) is 3.66. The number of benzene rings is 2. The van der Waals surface area contributed by atoms with Gasteiger partial charge in [-0.3, -0.25) is 0 Å². The second-order valence-corrected chi connectivity index (χ2v) is 6.80. The third kappa shape index (κ3) is 3.92. The lowest BCUT2D eigenvalue weighted by Gasteiger charge is -2.20. The van der Waals surface area contributed by atoms with Gasteiger partial charge >= 0.3 is 0 Å². The Hall–Kier alpha value is -1.67. The fourth-order valence-corrected chi connectivity index (χ4v) is 2.22. The molecule has 112 valence electrons. The van der Waals surface area contributed by atoms with Crippen LogP contribution >= 0.6 is 11.6 Å². The van der Waals surface area contributed by atoms with Gasteiger partial charge in [-0.1, -0.05) is 44.5 Å². The maximum atomic E-state index is 6.35. The highest BCUT2D eigenvalue weighted by atomic mass is 35.5. The molecule has 0 heterocycles. The van der Waals surface area contributed by atoms with Crippen LogP contribution in [0.15, 0.2) is 42.5 Å². The van der Waals surface area contributed by atoms with Crippen LogP contribution in [0.2, 0.25) is 5.02 Å². The van der Waals surface area contributed by atoms with E-state index in [0.717, 1.165) is 11.4 Å². The van der Waals surface area contributed by atoms with Crippen molar-refractivity contribution in [2.24, 2.45) is 0 Å². The molecule has 0 aliphatic heterocycles. The van der Waals surface area contributed by atoms with Crippen molar-refractivity contribution in [3.63, 3.8) is 0 Å². The van der Waals surface area contributed by atoms with Gasteiger partial charge in [0.1, 0.15) is 11.5 Å². The molecule has 0 atom stereocenters. The molecule has 2 aromatic rings. The minimum atomic E-state index is 0.0764. The van der Waals surface area contributed by atoms with Crippen LogP contribution < -0.4 is 9.64 Å². The van der Waals surface area contributed by atoms with Crippen LogP contribution in [0.5, 0.6) is 11.5 Å². The van der Waals surface area contributed by atoms with Gasteiger partial charge in [-0.25, -0.2) is 0 Å². The van der Waals surface area contributed by atoms with Crippen molar-refractivity contribution >= 4 is 17.3 Å². The smallest absolute Gasteiger partial charge is 0.146 e. The van der Waals surface area contributed by atoms with E-state index < -0.39 is 0 Å². The lowest BCUT2D eigenvalue weighted by molar-refractivity contribution is 0.481. The number of hydrogen-bond donors (Lipinski definition) is 0. The van der Waals surface area contributed by atoms with Gasteiger partial charge in [0, 0.05) is 25.8 Å². The van der Waals surface area contributed by atoms with Gasteiger partial charge in [0.05, 0.1) is 5.02 Å². The number of ether oxygens (including phenoxy) is 1. The summed E-state index contributed by atoms with van der Waals surface area (Å²) in [5, 5.41) is 0.637. The van der Waals surface area contributed by atoms with Crippen LogP contribution in [0.4, 0.5) is 5.69 Å². The zero-order valence-electron chi connectivity index (χ0n) is 13.3. The molecule has 0 bridgehead atoms. The van der Waals surface area contributed by atoms with Crippen molar-refractivity contribution < 1.29 is 4.74 Å². The topological polar surface area (TPSA) is 12.5 Å². The molecule has 0 spiro atoms. The fourth-order valence-electron chi connectivity index (χ4n) is 2.00. The molecule has 3 heteroatoms. The summed E-state index contributed by atoms with van der Waals surface area (Å²) in [5.74, 6) is 1.46. The van der Waals surface area contributed by atoms with E-state index in [4.69, 9.17) is 16.3 Å². The molecular weight excluding hydrogens is 282 g/mol. The Morgan fingerprint density at radius 1 is 1.00 bits per heavy atom. The first-order valence-corrected chi connectivity index (χ1v) is 7.40. The number of nitrogens with zero attached hydrogens (tertiary/aromatic N) is 1. The summed E-state index contributed by atoms with van der Waals surface area (Å²) < 4.78 is 5.91. The first-order chi connectivity index (χ1) is 9.77. The zero-order chi connectivity index (χ0) is 15.6. The largest absolute Gasteiger partial charge is 0.456 e. The molecule has 0 fully saturated rings. The van der Waals surface area contributed by atoms with Crippen molar-refractivity contribution in [1.29, 1.82) is 0 Å². The summed E-state index contributed by atoms with van der Waals surface area (Å²) in [6.45, 7) is 6.50. The van der Waals surface area contributed by atoms with Gasteiger partial charge in [-0.2, -0.15) is 0 Å². The average Bonchev–Trinajstić information content (AvgIpc) is 2.40. The highest BCUT2D eigenvalue weighted by Gasteiger charge is 2.15. The van der Waals surface area contributed by atoms with E-state index in [1.54, 1.807) is 0 Å². The second kappa shape index (κ2) is 5.98. The van der Waals surface area contributed by atoms with Crippen LogP contribution in [-0.4, -0.2) is 14.1 Å². The molecule has 0 saturated heterocycles. The van der Waals surface area contributed by atoms with Crippen LogP contribution in [-0.2, 0) is 5.41 Å². The van der Waals surface area contributed by atoms with Gasteiger partial charge in [-0.15, -0.1) is 0 Å². The highest BCUT2D eigenvalue weighted by molar-refractivity contribution is 6.32. The van der Waals surface area contributed by atoms with Gasteiger partial charge in [0.2, 0.25) is 0 Å². The van der Waals surface area contributed by atoms with Crippen molar-refractivity contribution in [2.75, 3.05) is 19.0 Å². The number of hydrogen-bond acceptors (Lipinski definition) is 2. The maximum Gasteiger partial charge on any atom is 0.146 e. The summed E-state index contributed by atoms with van der Waals surface area (Å²) in [6, 6.07) is 13.9. The summed E-state index contributed by atoms with van der Waals surface area (Å²) in [6.07, 6.45) is 0. The maximum absolute atomic E-state index is 6.35. The Morgan fingerprint density at radius 3 is 2.29 bits per heavy atom. The first-order valence-electron chi connectivity index (χ1n) is 7.02. The normalized spacial score (nSPS) is 11.3. The Bertz CT molecular complexity index is 629. The van der Waals surface area contributed by atoms with E-state index in [0.29, 0.717) is 10.8 Å². The van der Waals surface area contributed by atoms with E-state index in [2.05, 4.69) is 26.8 Å². The Morgan fingerprint density at radius 2 is 1.71 bits per heavy atom. The quantitative estimate of drug-likeness (QED) is 0.742. The van der Waals surface area contributed by atoms with Crippen molar-refractivity contribution in [3.8, 4) is 11.5 Å². The van der Waals surface area contributed by atoms with E-state index in [1.165, 1.54) is 5.56 Å². The molecular formula is C18H22ClNO. The molecule has 2 rings (SSSR count). The molecule has 2 aromatic carbocycles. The molecule has 2 nitrogen and oxygen atoms in total. The summed E-state index contributed by atoms with van der Waals surface area (Å²) in [7, 11) is 4.01. The van der Waals surface area contributed by atoms with Gasteiger partial charge in [-0.05, 0) is 35.2 Å². The van der Waals surface area contributed by atoms with Crippen molar-refractivity contribution in [1.82, 2.24) is 0 Å². The zero-order valence-corrected chi connectivity index (χ0v) is 14.0. The van der Waals surface area contributed by atoms with Crippen LogP contribution in [0.3, 0.4) is 0 Å². The van der Waals surface area contributed by atoms with Crippen molar-refractivity contribution in [2.45, 2.75) is 26.2 Å². The molecule has 0 aliphatic carbocycles. The Labute approximate surface area is 132 Å². The minimum absolute atomic E-state index is 0.0764. The molecule has 21 heavy (non-hydrogen) atoms. The number of halogens is 1. The fraction of sp³-hybridized carbons (Fsp3) is 0.333. The summed E-state index contributed by atoms with van der Waals surface area (Å²) in [4.78, 5) is 2.04. The Balaban J connectivity index is 2.26. The van der Waals surface area contributed by atoms with Gasteiger partial charge in [0.25, 0.3) is 0 Å². The molecule has 0 aliphatic rings. The number of anilines is 1. The van der Waals surface area contributed by atoms with E-state index in [1.807, 2.05) is 55.4 Å². The minimum Gasteiger partial charge on any atom is -0.456 e. The number of rotatable bonds is 3. The predicted octanol–water partition coefficient (Wildman–Crippen LogP) is 5.50.